The number of carbonyl (C=O) groups is 2. The van der Waals surface area contributed by atoms with Crippen molar-refractivity contribution in [2.45, 2.75) is 11.5 Å². The molecule has 6 heteroatoms. The van der Waals surface area contributed by atoms with Crippen molar-refractivity contribution in [3.05, 3.63) is 94.5 Å². The molecular weight excluding hydrogens is 424 g/mol. The Kier molecular flexibility index (Phi) is 4.07. The minimum Gasteiger partial charge on any atom is -0.492 e. The summed E-state index contributed by atoms with van der Waals surface area (Å²) in [4.78, 5) is 30.3. The Morgan fingerprint density at radius 1 is 1.00 bits per heavy atom. The van der Waals surface area contributed by atoms with Crippen LogP contribution in [-0.4, -0.2) is 36.8 Å². The number of carbonyl (C=O) groups excluding carboxylic acids is 2. The second kappa shape index (κ2) is 6.67. The number of hydrogen-bond donors (Lipinski definition) is 1. The van der Waals surface area contributed by atoms with E-state index in [2.05, 4.69) is 5.32 Å². The molecule has 2 spiro atoms. The summed E-state index contributed by atoms with van der Waals surface area (Å²) in [7, 11) is 1.91. The van der Waals surface area contributed by atoms with E-state index < -0.39 is 11.0 Å². The lowest BCUT2D eigenvalue weighted by molar-refractivity contribution is -0.131. The molecule has 3 aliphatic heterocycles. The Morgan fingerprint density at radius 2 is 1.72 bits per heavy atom. The number of likely N-dealkylation sites (tertiary alicyclic amines) is 1. The predicted molar refractivity (Wildman–Crippen MR) is 122 cm³/mol. The maximum absolute atomic E-state index is 14.5. The third kappa shape index (κ3) is 2.17. The molecule has 3 atom stereocenters. The topological polar surface area (TPSA) is 58.6 Å². The maximum Gasteiger partial charge on any atom is 0.250 e. The zero-order valence-corrected chi connectivity index (χ0v) is 18.2. The molecule has 0 aliphatic carbocycles. The summed E-state index contributed by atoms with van der Waals surface area (Å²) in [6.07, 6.45) is 0. The highest BCUT2D eigenvalue weighted by atomic mass is 35.5. The standard InChI is InChI=1S/C26H21ClN2O3/c1-29-14-19(16-8-2-5-11-20(16)27)25(15-32-22-13-7-3-9-17(22)23(25)30)26(29)18-10-4-6-12-21(18)28-24(26)31/h2-13,19H,14-15H2,1H3,(H,28,31)/t19-,25+,26+/m0/s1. The van der Waals surface area contributed by atoms with Gasteiger partial charge in [0, 0.05) is 28.7 Å². The van der Waals surface area contributed by atoms with Crippen molar-refractivity contribution in [1.82, 2.24) is 4.90 Å². The van der Waals surface area contributed by atoms with Crippen LogP contribution < -0.4 is 10.1 Å². The Labute approximate surface area is 190 Å². The number of hydrogen-bond acceptors (Lipinski definition) is 4. The molecule has 5 nitrogen and oxygen atoms in total. The second-order valence-corrected chi connectivity index (χ2v) is 9.16. The fourth-order valence-corrected chi connectivity index (χ4v) is 6.42. The van der Waals surface area contributed by atoms with Crippen LogP contribution in [0.1, 0.15) is 27.4 Å². The molecule has 3 aromatic rings. The summed E-state index contributed by atoms with van der Waals surface area (Å²) >= 11 is 6.66. The zero-order valence-electron chi connectivity index (χ0n) is 17.5. The number of fused-ring (bicyclic) bond motifs is 4. The van der Waals surface area contributed by atoms with Gasteiger partial charge in [-0.25, -0.2) is 0 Å². The molecule has 32 heavy (non-hydrogen) atoms. The molecule has 1 saturated heterocycles. The van der Waals surface area contributed by atoms with Gasteiger partial charge in [0.25, 0.3) is 5.91 Å². The van der Waals surface area contributed by atoms with Gasteiger partial charge in [0.15, 0.2) is 5.78 Å². The summed E-state index contributed by atoms with van der Waals surface area (Å²) in [5, 5.41) is 3.63. The molecule has 0 radical (unpaired) electrons. The molecule has 1 N–H and O–H groups in total. The molecule has 6 rings (SSSR count). The average molecular weight is 445 g/mol. The number of benzene rings is 3. The van der Waals surface area contributed by atoms with Crippen molar-refractivity contribution in [2.24, 2.45) is 5.41 Å². The highest BCUT2D eigenvalue weighted by Gasteiger charge is 2.75. The van der Waals surface area contributed by atoms with Gasteiger partial charge in [0.2, 0.25) is 0 Å². The first kappa shape index (κ1) is 19.5. The highest BCUT2D eigenvalue weighted by Crippen LogP contribution is 2.64. The number of amides is 1. The van der Waals surface area contributed by atoms with E-state index >= 15 is 0 Å². The van der Waals surface area contributed by atoms with Crippen LogP contribution in [0.2, 0.25) is 5.02 Å². The quantitative estimate of drug-likeness (QED) is 0.601. The Morgan fingerprint density at radius 3 is 2.56 bits per heavy atom. The minimum absolute atomic E-state index is 0.0829. The van der Waals surface area contributed by atoms with Gasteiger partial charge in [0.05, 0.1) is 5.56 Å². The molecule has 3 heterocycles. The normalized spacial score (nSPS) is 28.5. The molecule has 0 unspecified atom stereocenters. The summed E-state index contributed by atoms with van der Waals surface area (Å²) < 4.78 is 6.25. The summed E-state index contributed by atoms with van der Waals surface area (Å²) in [5.74, 6) is -0.0658. The molecule has 0 saturated carbocycles. The molecular formula is C26H21ClN2O3. The third-order valence-corrected chi connectivity index (χ3v) is 7.78. The van der Waals surface area contributed by atoms with E-state index in [0.717, 1.165) is 16.8 Å². The van der Waals surface area contributed by atoms with Crippen LogP contribution in [0, 0.1) is 5.41 Å². The summed E-state index contributed by atoms with van der Waals surface area (Å²) in [6.45, 7) is 0.577. The lowest BCUT2D eigenvalue weighted by atomic mass is 9.57. The van der Waals surface area contributed by atoms with Crippen LogP contribution in [-0.2, 0) is 10.3 Å². The first-order chi connectivity index (χ1) is 15.5. The number of halogens is 1. The van der Waals surface area contributed by atoms with Gasteiger partial charge in [-0.15, -0.1) is 0 Å². The monoisotopic (exact) mass is 444 g/mol. The molecule has 0 bridgehead atoms. The summed E-state index contributed by atoms with van der Waals surface area (Å²) in [6, 6.07) is 22.5. The van der Waals surface area contributed by atoms with Crippen molar-refractivity contribution in [3.63, 3.8) is 0 Å². The first-order valence-electron chi connectivity index (χ1n) is 10.6. The maximum atomic E-state index is 14.5. The number of ketones is 1. The number of ether oxygens (including phenoxy) is 1. The van der Waals surface area contributed by atoms with Gasteiger partial charge in [-0.1, -0.05) is 60.1 Å². The molecule has 3 aromatic carbocycles. The molecule has 160 valence electrons. The van der Waals surface area contributed by atoms with E-state index in [1.807, 2.05) is 72.6 Å². The van der Waals surface area contributed by atoms with Gasteiger partial charge in [-0.05, 0) is 36.9 Å². The van der Waals surface area contributed by atoms with E-state index in [1.54, 1.807) is 12.1 Å². The lowest BCUT2D eigenvalue weighted by Gasteiger charge is -2.47. The number of Topliss-reactive ketones (excluding diaryl/α,β-unsaturated/α-hetero) is 1. The van der Waals surface area contributed by atoms with Gasteiger partial charge in [0.1, 0.15) is 23.3 Å². The Bertz CT molecular complexity index is 1290. The fraction of sp³-hybridized carbons (Fsp3) is 0.231. The van der Waals surface area contributed by atoms with E-state index in [4.69, 9.17) is 16.3 Å². The predicted octanol–water partition coefficient (Wildman–Crippen LogP) is 4.48. The number of para-hydroxylation sites is 2. The van der Waals surface area contributed by atoms with E-state index in [9.17, 15) is 9.59 Å². The fourth-order valence-electron chi connectivity index (χ4n) is 6.15. The lowest BCUT2D eigenvalue weighted by Crippen LogP contribution is -2.62. The average Bonchev–Trinajstić information content (AvgIpc) is 3.25. The van der Waals surface area contributed by atoms with E-state index in [1.165, 1.54) is 0 Å². The van der Waals surface area contributed by atoms with Gasteiger partial charge >= 0.3 is 0 Å². The zero-order chi connectivity index (χ0) is 22.1. The Hall–Kier alpha value is -3.15. The van der Waals surface area contributed by atoms with Crippen LogP contribution in [0.4, 0.5) is 5.69 Å². The van der Waals surface area contributed by atoms with Crippen LogP contribution in [0.3, 0.4) is 0 Å². The number of nitrogens with one attached hydrogen (secondary N) is 1. The SMILES string of the molecule is CN1C[C@@H](c2ccccc2Cl)[C@@]2(COc3ccccc3C2=O)[C@@]12C(=O)Nc1ccccc12. The van der Waals surface area contributed by atoms with Crippen molar-refractivity contribution in [1.29, 1.82) is 0 Å². The molecule has 3 aliphatic rings. The first-order valence-corrected chi connectivity index (χ1v) is 11.0. The Balaban J connectivity index is 1.69. The van der Waals surface area contributed by atoms with Crippen LogP contribution in [0.5, 0.6) is 5.75 Å². The molecule has 1 amide bonds. The number of rotatable bonds is 1. The van der Waals surface area contributed by atoms with Crippen molar-refractivity contribution >= 4 is 29.0 Å². The highest BCUT2D eigenvalue weighted by molar-refractivity contribution is 6.31. The molecule has 1 fully saturated rings. The largest absolute Gasteiger partial charge is 0.492 e. The van der Waals surface area contributed by atoms with E-state index in [0.29, 0.717) is 22.9 Å². The van der Waals surface area contributed by atoms with Crippen LogP contribution in [0.15, 0.2) is 72.8 Å². The van der Waals surface area contributed by atoms with Gasteiger partial charge in [-0.3, -0.25) is 14.5 Å². The van der Waals surface area contributed by atoms with Crippen molar-refractivity contribution in [2.75, 3.05) is 25.5 Å². The van der Waals surface area contributed by atoms with Crippen molar-refractivity contribution < 1.29 is 14.3 Å². The van der Waals surface area contributed by atoms with Gasteiger partial charge in [-0.2, -0.15) is 0 Å². The third-order valence-electron chi connectivity index (χ3n) is 7.44. The number of anilines is 1. The van der Waals surface area contributed by atoms with Crippen LogP contribution in [0.25, 0.3) is 0 Å². The van der Waals surface area contributed by atoms with Crippen LogP contribution >= 0.6 is 11.6 Å². The number of nitrogens with zero attached hydrogens (tertiary/aromatic N) is 1. The van der Waals surface area contributed by atoms with Gasteiger partial charge < -0.3 is 10.1 Å². The molecule has 0 aromatic heterocycles. The second-order valence-electron chi connectivity index (χ2n) is 8.75. The number of likely N-dealkylation sites (N-methyl/N-ethyl adjacent to an activating group) is 1. The minimum atomic E-state index is -1.21. The smallest absolute Gasteiger partial charge is 0.250 e. The summed E-state index contributed by atoms with van der Waals surface area (Å²) in [5.41, 5.74) is 0.498. The van der Waals surface area contributed by atoms with E-state index in [-0.39, 0.29) is 24.2 Å². The van der Waals surface area contributed by atoms with Crippen molar-refractivity contribution in [3.8, 4) is 5.75 Å².